The van der Waals surface area contributed by atoms with Crippen molar-refractivity contribution in [3.63, 3.8) is 0 Å². The Kier molecular flexibility index (Phi) is 3.37. The summed E-state index contributed by atoms with van der Waals surface area (Å²) in [6.45, 7) is 0. The van der Waals surface area contributed by atoms with Gasteiger partial charge in [-0.2, -0.15) is 0 Å². The minimum absolute atomic E-state index is 0.104. The van der Waals surface area contributed by atoms with Crippen molar-refractivity contribution in [1.29, 1.82) is 0 Å². The van der Waals surface area contributed by atoms with Crippen molar-refractivity contribution in [2.75, 3.05) is 5.32 Å². The van der Waals surface area contributed by atoms with Gasteiger partial charge in [0.1, 0.15) is 5.82 Å². The predicted molar refractivity (Wildman–Crippen MR) is 74.1 cm³/mol. The first-order chi connectivity index (χ1) is 8.72. The Hall–Kier alpha value is -0.900. The molecule has 2 fully saturated rings. The van der Waals surface area contributed by atoms with Crippen LogP contribution in [0.25, 0.3) is 0 Å². The lowest BCUT2D eigenvalue weighted by Crippen LogP contribution is -2.20. The molecule has 3 atom stereocenters. The number of fused-ring (bicyclic) bond motifs is 2. The fraction of sp³-hybridized carbons (Fsp3) is 0.571. The smallest absolute Gasteiger partial charge is 0.225 e. The topological polar surface area (TPSA) is 42.0 Å². The summed E-state index contributed by atoms with van der Waals surface area (Å²) in [6, 6.07) is 3.73. The molecule has 4 heteroatoms. The van der Waals surface area contributed by atoms with Gasteiger partial charge in [0.15, 0.2) is 0 Å². The first-order valence-corrected chi connectivity index (χ1v) is 7.42. The molecular weight excluding hydrogens is 292 g/mol. The average molecular weight is 309 g/mol. The largest absolute Gasteiger partial charge is 0.310 e. The summed E-state index contributed by atoms with van der Waals surface area (Å²) in [5, 5.41) is 2.90. The zero-order chi connectivity index (χ0) is 12.5. The molecule has 1 aromatic rings. The van der Waals surface area contributed by atoms with Gasteiger partial charge in [0.25, 0.3) is 0 Å². The number of rotatable bonds is 3. The van der Waals surface area contributed by atoms with Crippen molar-refractivity contribution in [2.45, 2.75) is 32.1 Å². The Labute approximate surface area is 116 Å². The number of halogens is 1. The van der Waals surface area contributed by atoms with Crippen LogP contribution in [0.5, 0.6) is 0 Å². The molecule has 2 saturated carbocycles. The van der Waals surface area contributed by atoms with Crippen molar-refractivity contribution < 1.29 is 4.79 Å². The van der Waals surface area contributed by atoms with Gasteiger partial charge in [-0.15, -0.1) is 0 Å². The van der Waals surface area contributed by atoms with Crippen LogP contribution in [0.4, 0.5) is 5.82 Å². The molecule has 0 spiro atoms. The van der Waals surface area contributed by atoms with Crippen LogP contribution in [0.1, 0.15) is 32.1 Å². The van der Waals surface area contributed by atoms with Crippen LogP contribution in [0.2, 0.25) is 0 Å². The number of carbonyl (C=O) groups excluding carboxylic acids is 1. The van der Waals surface area contributed by atoms with E-state index in [9.17, 15) is 4.79 Å². The maximum absolute atomic E-state index is 12.0. The van der Waals surface area contributed by atoms with Crippen molar-refractivity contribution in [2.24, 2.45) is 17.8 Å². The van der Waals surface area contributed by atoms with Crippen molar-refractivity contribution in [3.05, 3.63) is 22.8 Å². The molecule has 1 amide bonds. The summed E-state index contributed by atoms with van der Waals surface area (Å²) >= 11 is 3.39. The molecule has 0 aromatic carbocycles. The standard InChI is InChI=1S/C14H17BrN2O/c15-12-2-1-5-16-14(12)17-13(18)8-11-7-9-3-4-10(11)6-9/h1-2,5,9-11H,3-4,6-8H2,(H,16,17,18). The van der Waals surface area contributed by atoms with Crippen LogP contribution in [-0.4, -0.2) is 10.9 Å². The van der Waals surface area contributed by atoms with Crippen molar-refractivity contribution in [3.8, 4) is 0 Å². The van der Waals surface area contributed by atoms with Gasteiger partial charge in [0.2, 0.25) is 5.91 Å². The number of hydrogen-bond donors (Lipinski definition) is 1. The molecule has 18 heavy (non-hydrogen) atoms. The Morgan fingerprint density at radius 3 is 3.00 bits per heavy atom. The highest BCUT2D eigenvalue weighted by molar-refractivity contribution is 9.10. The molecule has 0 saturated heterocycles. The number of nitrogens with one attached hydrogen (secondary N) is 1. The van der Waals surface area contributed by atoms with Gasteiger partial charge in [0, 0.05) is 12.6 Å². The van der Waals surface area contributed by atoms with Gasteiger partial charge in [-0.3, -0.25) is 4.79 Å². The highest BCUT2D eigenvalue weighted by atomic mass is 79.9. The van der Waals surface area contributed by atoms with E-state index >= 15 is 0 Å². The molecule has 0 aliphatic heterocycles. The SMILES string of the molecule is O=C(CC1CC2CCC1C2)Nc1ncccc1Br. The fourth-order valence-corrected chi connectivity index (χ4v) is 3.88. The number of carbonyl (C=O) groups is 1. The third-order valence-corrected chi connectivity index (χ3v) is 4.99. The summed E-state index contributed by atoms with van der Waals surface area (Å²) in [7, 11) is 0. The molecule has 96 valence electrons. The first-order valence-electron chi connectivity index (χ1n) is 6.62. The van der Waals surface area contributed by atoms with Crippen LogP contribution >= 0.6 is 15.9 Å². The van der Waals surface area contributed by atoms with E-state index in [0.717, 1.165) is 16.3 Å². The van der Waals surface area contributed by atoms with E-state index in [2.05, 4.69) is 26.2 Å². The normalized spacial score (nSPS) is 29.5. The number of nitrogens with zero attached hydrogens (tertiary/aromatic N) is 1. The summed E-state index contributed by atoms with van der Waals surface area (Å²) in [4.78, 5) is 16.2. The number of amides is 1. The zero-order valence-electron chi connectivity index (χ0n) is 10.2. The number of pyridine rings is 1. The lowest BCUT2D eigenvalue weighted by molar-refractivity contribution is -0.117. The Morgan fingerprint density at radius 2 is 2.33 bits per heavy atom. The molecular formula is C14H17BrN2O. The van der Waals surface area contributed by atoms with E-state index in [-0.39, 0.29) is 5.91 Å². The molecule has 3 rings (SSSR count). The quantitative estimate of drug-likeness (QED) is 0.927. The maximum atomic E-state index is 12.0. The number of anilines is 1. The molecule has 1 N–H and O–H groups in total. The van der Waals surface area contributed by atoms with Crippen molar-refractivity contribution >= 4 is 27.7 Å². The van der Waals surface area contributed by atoms with Crippen LogP contribution < -0.4 is 5.32 Å². The second-order valence-corrected chi connectivity index (χ2v) is 6.38. The predicted octanol–water partition coefficient (Wildman–Crippen LogP) is 3.61. The van der Waals surface area contributed by atoms with Gasteiger partial charge in [-0.05, 0) is 65.1 Å². The first kappa shape index (κ1) is 12.2. The maximum Gasteiger partial charge on any atom is 0.225 e. The summed E-state index contributed by atoms with van der Waals surface area (Å²) in [5.74, 6) is 3.03. The van der Waals surface area contributed by atoms with E-state index in [4.69, 9.17) is 0 Å². The lowest BCUT2D eigenvalue weighted by Gasteiger charge is -2.20. The monoisotopic (exact) mass is 308 g/mol. The molecule has 3 unspecified atom stereocenters. The lowest BCUT2D eigenvalue weighted by atomic mass is 9.86. The van der Waals surface area contributed by atoms with Gasteiger partial charge in [0.05, 0.1) is 4.47 Å². The highest BCUT2D eigenvalue weighted by Gasteiger charge is 2.40. The van der Waals surface area contributed by atoms with Crippen molar-refractivity contribution in [1.82, 2.24) is 4.98 Å². The summed E-state index contributed by atoms with van der Waals surface area (Å²) in [5.41, 5.74) is 0. The summed E-state index contributed by atoms with van der Waals surface area (Å²) < 4.78 is 0.839. The zero-order valence-corrected chi connectivity index (χ0v) is 11.8. The molecule has 2 bridgehead atoms. The van der Waals surface area contributed by atoms with Gasteiger partial charge >= 0.3 is 0 Å². The molecule has 1 heterocycles. The Balaban J connectivity index is 1.58. The van der Waals surface area contributed by atoms with Gasteiger partial charge < -0.3 is 5.32 Å². The third kappa shape index (κ3) is 2.44. The average Bonchev–Trinajstić information content (AvgIpc) is 2.94. The van der Waals surface area contributed by atoms with Crippen LogP contribution in [0.15, 0.2) is 22.8 Å². The van der Waals surface area contributed by atoms with Gasteiger partial charge in [-0.25, -0.2) is 4.98 Å². The Bertz CT molecular complexity index is 463. The van der Waals surface area contributed by atoms with E-state index in [1.165, 1.54) is 25.7 Å². The van der Waals surface area contributed by atoms with Crippen LogP contribution in [0.3, 0.4) is 0 Å². The second kappa shape index (κ2) is 5.00. The number of aromatic nitrogens is 1. The molecule has 0 radical (unpaired) electrons. The number of hydrogen-bond acceptors (Lipinski definition) is 2. The molecule has 1 aromatic heterocycles. The summed E-state index contributed by atoms with van der Waals surface area (Å²) in [6.07, 6.45) is 7.67. The second-order valence-electron chi connectivity index (χ2n) is 5.52. The highest BCUT2D eigenvalue weighted by Crippen LogP contribution is 2.49. The third-order valence-electron chi connectivity index (χ3n) is 4.35. The minimum Gasteiger partial charge on any atom is -0.310 e. The minimum atomic E-state index is 0.104. The molecule has 2 aliphatic rings. The van der Waals surface area contributed by atoms with Crippen LogP contribution in [0, 0.1) is 17.8 Å². The Morgan fingerprint density at radius 1 is 1.44 bits per heavy atom. The molecule has 2 aliphatic carbocycles. The van der Waals surface area contributed by atoms with E-state index in [0.29, 0.717) is 18.2 Å². The van der Waals surface area contributed by atoms with E-state index < -0.39 is 0 Å². The van der Waals surface area contributed by atoms with Gasteiger partial charge in [-0.1, -0.05) is 6.42 Å². The van der Waals surface area contributed by atoms with E-state index in [1.54, 1.807) is 6.20 Å². The van der Waals surface area contributed by atoms with E-state index in [1.807, 2.05) is 12.1 Å². The van der Waals surface area contributed by atoms with Crippen LogP contribution in [-0.2, 0) is 4.79 Å². The molecule has 3 nitrogen and oxygen atoms in total. The fourth-order valence-electron chi connectivity index (χ4n) is 3.53.